The summed E-state index contributed by atoms with van der Waals surface area (Å²) >= 11 is 5.83. The second-order valence-corrected chi connectivity index (χ2v) is 3.92. The maximum Gasteiger partial charge on any atom is 0.341 e. The smallest absolute Gasteiger partial charge is 0.341 e. The number of halogens is 1. The van der Waals surface area contributed by atoms with Crippen molar-refractivity contribution in [3.63, 3.8) is 0 Å². The van der Waals surface area contributed by atoms with Crippen LogP contribution in [0.1, 0.15) is 10.4 Å². The summed E-state index contributed by atoms with van der Waals surface area (Å²) < 4.78 is 4.69. The number of hydrogen-bond acceptors (Lipinski definition) is 4. The molecule has 0 aliphatic heterocycles. The van der Waals surface area contributed by atoms with Crippen LogP contribution in [0.15, 0.2) is 42.6 Å². The van der Waals surface area contributed by atoms with E-state index in [0.717, 1.165) is 5.69 Å². The van der Waals surface area contributed by atoms with Crippen molar-refractivity contribution < 1.29 is 9.53 Å². The van der Waals surface area contributed by atoms with Gasteiger partial charge in [-0.3, -0.25) is 0 Å². The lowest BCUT2D eigenvalue weighted by atomic mass is 10.2. The van der Waals surface area contributed by atoms with Gasteiger partial charge in [-0.1, -0.05) is 29.8 Å². The van der Waals surface area contributed by atoms with Crippen molar-refractivity contribution in [3.05, 3.63) is 53.3 Å². The largest absolute Gasteiger partial charge is 0.465 e. The van der Waals surface area contributed by atoms with Gasteiger partial charge in [-0.15, -0.1) is 0 Å². The van der Waals surface area contributed by atoms with E-state index in [4.69, 9.17) is 16.3 Å². The van der Waals surface area contributed by atoms with Crippen LogP contribution in [-0.4, -0.2) is 18.1 Å². The molecule has 0 saturated carbocycles. The fourth-order valence-electron chi connectivity index (χ4n) is 1.48. The van der Waals surface area contributed by atoms with E-state index in [9.17, 15) is 4.79 Å². The number of aromatic nitrogens is 1. The fourth-order valence-corrected chi connectivity index (χ4v) is 1.64. The first-order chi connectivity index (χ1) is 8.70. The minimum absolute atomic E-state index is 0.307. The normalized spacial score (nSPS) is 9.89. The van der Waals surface area contributed by atoms with Crippen molar-refractivity contribution in [2.45, 2.75) is 0 Å². The summed E-state index contributed by atoms with van der Waals surface area (Å²) in [5.41, 5.74) is 1.75. The molecule has 18 heavy (non-hydrogen) atoms. The first kappa shape index (κ1) is 12.4. The molecular weight excluding hydrogens is 252 g/mol. The molecule has 0 spiro atoms. The van der Waals surface area contributed by atoms with Crippen LogP contribution in [-0.2, 0) is 4.74 Å². The molecule has 2 rings (SSSR count). The highest BCUT2D eigenvalue weighted by Crippen LogP contribution is 2.23. The zero-order valence-electron chi connectivity index (χ0n) is 9.68. The Hall–Kier alpha value is -2.07. The Morgan fingerprint density at radius 2 is 2.06 bits per heavy atom. The topological polar surface area (TPSA) is 51.2 Å². The highest BCUT2D eigenvalue weighted by molar-refractivity contribution is 6.29. The first-order valence-corrected chi connectivity index (χ1v) is 5.64. The van der Waals surface area contributed by atoms with Gasteiger partial charge in [-0.25, -0.2) is 9.78 Å². The minimum Gasteiger partial charge on any atom is -0.465 e. The van der Waals surface area contributed by atoms with Crippen molar-refractivity contribution in [1.82, 2.24) is 4.98 Å². The van der Waals surface area contributed by atoms with E-state index in [1.165, 1.54) is 13.3 Å². The predicted molar refractivity (Wildman–Crippen MR) is 70.3 cm³/mol. The maximum atomic E-state index is 11.6. The van der Waals surface area contributed by atoms with Crippen LogP contribution in [0.2, 0.25) is 5.15 Å². The summed E-state index contributed by atoms with van der Waals surface area (Å²) in [5.74, 6) is -0.461. The highest BCUT2D eigenvalue weighted by Gasteiger charge is 2.13. The van der Waals surface area contributed by atoms with Crippen LogP contribution >= 0.6 is 11.6 Å². The highest BCUT2D eigenvalue weighted by atomic mass is 35.5. The van der Waals surface area contributed by atoms with Crippen LogP contribution < -0.4 is 5.32 Å². The van der Waals surface area contributed by atoms with Crippen LogP contribution in [0.5, 0.6) is 0 Å². The number of rotatable bonds is 3. The molecule has 0 unspecified atom stereocenters. The number of ether oxygens (including phenoxy) is 1. The predicted octanol–water partition coefficient (Wildman–Crippen LogP) is 3.27. The van der Waals surface area contributed by atoms with E-state index in [-0.39, 0.29) is 0 Å². The van der Waals surface area contributed by atoms with Crippen molar-refractivity contribution >= 4 is 28.9 Å². The van der Waals surface area contributed by atoms with E-state index in [2.05, 4.69) is 10.3 Å². The lowest BCUT2D eigenvalue weighted by Crippen LogP contribution is -2.06. The number of carbonyl (C=O) groups excluding carboxylic acids is 1. The zero-order chi connectivity index (χ0) is 13.0. The number of nitrogens with one attached hydrogen (secondary N) is 1. The molecule has 4 nitrogen and oxygen atoms in total. The zero-order valence-corrected chi connectivity index (χ0v) is 10.4. The van der Waals surface area contributed by atoms with Gasteiger partial charge in [-0.05, 0) is 18.2 Å². The molecule has 0 aliphatic rings. The number of nitrogens with zero attached hydrogens (tertiary/aromatic N) is 1. The second-order valence-electron chi connectivity index (χ2n) is 3.54. The quantitative estimate of drug-likeness (QED) is 0.681. The van der Waals surface area contributed by atoms with Gasteiger partial charge in [0.2, 0.25) is 0 Å². The van der Waals surface area contributed by atoms with Crippen molar-refractivity contribution in [2.75, 3.05) is 12.4 Å². The number of para-hydroxylation sites is 1. The molecular formula is C13H11ClN2O2. The number of anilines is 2. The van der Waals surface area contributed by atoms with Crippen LogP contribution in [0.3, 0.4) is 0 Å². The standard InChI is InChI=1S/C13H11ClN2O2/c1-18-13(17)10-8-15-12(14)7-11(10)16-9-5-3-2-4-6-9/h2-8H,1H3,(H,15,16). The monoisotopic (exact) mass is 262 g/mol. The van der Waals surface area contributed by atoms with E-state index in [1.54, 1.807) is 6.07 Å². The Kier molecular flexibility index (Phi) is 3.79. The van der Waals surface area contributed by atoms with Crippen LogP contribution in [0, 0.1) is 0 Å². The number of hydrogen-bond donors (Lipinski definition) is 1. The molecule has 0 aliphatic carbocycles. The third kappa shape index (κ3) is 2.78. The lowest BCUT2D eigenvalue weighted by molar-refractivity contribution is 0.0601. The van der Waals surface area contributed by atoms with Gasteiger partial charge >= 0.3 is 5.97 Å². The van der Waals surface area contributed by atoms with Gasteiger partial charge in [0, 0.05) is 11.9 Å². The number of methoxy groups -OCH3 is 1. The second kappa shape index (κ2) is 5.51. The van der Waals surface area contributed by atoms with Gasteiger partial charge < -0.3 is 10.1 Å². The molecule has 92 valence electrons. The molecule has 0 amide bonds. The Morgan fingerprint density at radius 1 is 1.33 bits per heavy atom. The molecule has 0 saturated heterocycles. The maximum absolute atomic E-state index is 11.6. The summed E-state index contributed by atoms with van der Waals surface area (Å²) in [7, 11) is 1.32. The molecule has 0 radical (unpaired) electrons. The average molecular weight is 263 g/mol. The number of esters is 1. The molecule has 1 aromatic heterocycles. The van der Waals surface area contributed by atoms with Gasteiger partial charge in [0.15, 0.2) is 0 Å². The van der Waals surface area contributed by atoms with Crippen LogP contribution in [0.25, 0.3) is 0 Å². The minimum atomic E-state index is -0.461. The van der Waals surface area contributed by atoms with Crippen molar-refractivity contribution in [2.24, 2.45) is 0 Å². The molecule has 1 aromatic carbocycles. The summed E-state index contributed by atoms with van der Waals surface area (Å²) in [5, 5.41) is 3.41. The summed E-state index contributed by atoms with van der Waals surface area (Å²) in [6.45, 7) is 0. The molecule has 0 fully saturated rings. The van der Waals surface area contributed by atoms with E-state index in [1.807, 2.05) is 30.3 Å². The lowest BCUT2D eigenvalue weighted by Gasteiger charge is -2.10. The fraction of sp³-hybridized carbons (Fsp3) is 0.0769. The number of carbonyl (C=O) groups is 1. The third-order valence-corrected chi connectivity index (χ3v) is 2.54. The van der Waals surface area contributed by atoms with Crippen molar-refractivity contribution in [3.8, 4) is 0 Å². The Morgan fingerprint density at radius 3 is 2.72 bits per heavy atom. The summed E-state index contributed by atoms with van der Waals surface area (Å²) in [6, 6.07) is 11.0. The van der Waals surface area contributed by atoms with E-state index < -0.39 is 5.97 Å². The molecule has 5 heteroatoms. The number of benzene rings is 1. The Bertz CT molecular complexity index is 558. The Labute approximate surface area is 110 Å². The molecule has 1 heterocycles. The summed E-state index contributed by atoms with van der Waals surface area (Å²) in [6.07, 6.45) is 1.39. The molecule has 0 atom stereocenters. The van der Waals surface area contributed by atoms with Gasteiger partial charge in [-0.2, -0.15) is 0 Å². The SMILES string of the molecule is COC(=O)c1cnc(Cl)cc1Nc1ccccc1. The summed E-state index contributed by atoms with van der Waals surface area (Å²) in [4.78, 5) is 15.5. The first-order valence-electron chi connectivity index (χ1n) is 5.26. The van der Waals surface area contributed by atoms with E-state index in [0.29, 0.717) is 16.4 Å². The Balaban J connectivity index is 2.36. The van der Waals surface area contributed by atoms with Crippen LogP contribution in [0.4, 0.5) is 11.4 Å². The average Bonchev–Trinajstić information content (AvgIpc) is 2.39. The third-order valence-electron chi connectivity index (χ3n) is 2.33. The molecule has 0 bridgehead atoms. The molecule has 1 N–H and O–H groups in total. The molecule has 2 aromatic rings. The van der Waals surface area contributed by atoms with Gasteiger partial charge in [0.25, 0.3) is 0 Å². The van der Waals surface area contributed by atoms with E-state index >= 15 is 0 Å². The number of pyridine rings is 1. The van der Waals surface area contributed by atoms with Gasteiger partial charge in [0.1, 0.15) is 10.7 Å². The van der Waals surface area contributed by atoms with Crippen molar-refractivity contribution in [1.29, 1.82) is 0 Å². The van der Waals surface area contributed by atoms with Gasteiger partial charge in [0.05, 0.1) is 12.8 Å².